The Kier molecular flexibility index (Phi) is 5.41. The summed E-state index contributed by atoms with van der Waals surface area (Å²) in [6.07, 6.45) is -3.65. The van der Waals surface area contributed by atoms with Crippen LogP contribution in [0.5, 0.6) is 5.75 Å². The molecular weight excluding hydrogens is 359 g/mol. The van der Waals surface area contributed by atoms with Gasteiger partial charge in [0.1, 0.15) is 5.75 Å². The molecule has 1 aliphatic rings. The predicted molar refractivity (Wildman–Crippen MR) is 94.6 cm³/mol. The largest absolute Gasteiger partial charge is 0.496 e. The summed E-state index contributed by atoms with van der Waals surface area (Å²) in [5.74, 6) is 0.0440. The first-order valence-electron chi connectivity index (χ1n) is 8.62. The second-order valence-electron chi connectivity index (χ2n) is 6.54. The van der Waals surface area contributed by atoms with E-state index in [2.05, 4.69) is 0 Å². The van der Waals surface area contributed by atoms with Gasteiger partial charge in [0.25, 0.3) is 5.91 Å². The van der Waals surface area contributed by atoms with Gasteiger partial charge >= 0.3 is 6.18 Å². The first-order chi connectivity index (χ1) is 12.8. The standard InChI is InChI=1S/C20H20F3NO3/c1-27-18-8-7-15(20(21,22)23)11-17(18)13-4-2-5-14(10-13)19(26)24-9-3-6-16(25)12-24/h2,4-5,7-8,10-11,16,25H,3,6,9,12H2,1H3. The fourth-order valence-electron chi connectivity index (χ4n) is 3.25. The number of rotatable bonds is 3. The number of carbonyl (C=O) groups excluding carboxylic acids is 1. The summed E-state index contributed by atoms with van der Waals surface area (Å²) in [4.78, 5) is 14.3. The van der Waals surface area contributed by atoms with Crippen LogP contribution in [0.15, 0.2) is 42.5 Å². The fraction of sp³-hybridized carbons (Fsp3) is 0.350. The zero-order chi connectivity index (χ0) is 19.6. The molecule has 7 heteroatoms. The van der Waals surface area contributed by atoms with Crippen molar-refractivity contribution in [2.45, 2.75) is 25.1 Å². The van der Waals surface area contributed by atoms with Crippen LogP contribution in [-0.4, -0.2) is 42.2 Å². The molecule has 1 N–H and O–H groups in total. The van der Waals surface area contributed by atoms with Gasteiger partial charge in [-0.15, -0.1) is 0 Å². The van der Waals surface area contributed by atoms with Crippen molar-refractivity contribution in [1.82, 2.24) is 4.90 Å². The number of amides is 1. The first-order valence-corrected chi connectivity index (χ1v) is 8.62. The van der Waals surface area contributed by atoms with Crippen LogP contribution in [0.1, 0.15) is 28.8 Å². The van der Waals surface area contributed by atoms with Crippen LogP contribution < -0.4 is 4.74 Å². The summed E-state index contributed by atoms with van der Waals surface area (Å²) in [7, 11) is 1.39. The third kappa shape index (κ3) is 4.24. The van der Waals surface area contributed by atoms with E-state index in [4.69, 9.17) is 4.74 Å². The molecule has 1 fully saturated rings. The second-order valence-corrected chi connectivity index (χ2v) is 6.54. The van der Waals surface area contributed by atoms with Gasteiger partial charge in [-0.2, -0.15) is 13.2 Å². The molecule has 0 aliphatic carbocycles. The summed E-state index contributed by atoms with van der Waals surface area (Å²) in [6, 6.07) is 9.70. The van der Waals surface area contributed by atoms with Gasteiger partial charge in [-0.3, -0.25) is 4.79 Å². The number of ether oxygens (including phenoxy) is 1. The Hall–Kier alpha value is -2.54. The minimum atomic E-state index is -4.47. The summed E-state index contributed by atoms with van der Waals surface area (Å²) >= 11 is 0. The molecule has 0 radical (unpaired) electrons. The van der Waals surface area contributed by atoms with Gasteiger partial charge in [-0.25, -0.2) is 0 Å². The molecule has 1 heterocycles. The molecular formula is C20H20F3NO3. The summed E-state index contributed by atoms with van der Waals surface area (Å²) in [6.45, 7) is 0.808. The molecule has 0 aromatic heterocycles. The number of benzene rings is 2. The van der Waals surface area contributed by atoms with E-state index in [1.54, 1.807) is 29.2 Å². The molecule has 2 aromatic carbocycles. The molecule has 2 aromatic rings. The van der Waals surface area contributed by atoms with Gasteiger partial charge in [-0.05, 0) is 48.7 Å². The lowest BCUT2D eigenvalue weighted by Crippen LogP contribution is -2.42. The number of likely N-dealkylation sites (tertiary alicyclic amines) is 1. The van der Waals surface area contributed by atoms with E-state index >= 15 is 0 Å². The van der Waals surface area contributed by atoms with Crippen molar-refractivity contribution in [1.29, 1.82) is 0 Å². The molecule has 0 bridgehead atoms. The molecule has 0 spiro atoms. The number of aliphatic hydroxyl groups is 1. The van der Waals surface area contributed by atoms with E-state index in [1.165, 1.54) is 13.2 Å². The lowest BCUT2D eigenvalue weighted by molar-refractivity contribution is -0.137. The number of piperidine rings is 1. The normalized spacial score (nSPS) is 17.7. The highest BCUT2D eigenvalue weighted by atomic mass is 19.4. The van der Waals surface area contributed by atoms with E-state index in [-0.39, 0.29) is 18.0 Å². The van der Waals surface area contributed by atoms with E-state index in [1.807, 2.05) is 0 Å². The van der Waals surface area contributed by atoms with Crippen LogP contribution in [0.4, 0.5) is 13.2 Å². The topological polar surface area (TPSA) is 49.8 Å². The van der Waals surface area contributed by atoms with Gasteiger partial charge in [0, 0.05) is 24.2 Å². The quantitative estimate of drug-likeness (QED) is 0.878. The molecule has 1 unspecified atom stereocenters. The summed E-state index contributed by atoms with van der Waals surface area (Å²) < 4.78 is 44.4. The van der Waals surface area contributed by atoms with Gasteiger partial charge in [0.05, 0.1) is 18.8 Å². The number of β-amino-alcohol motifs (C(OH)–C–C–N with tert-alkyl or cyclic N) is 1. The van der Waals surface area contributed by atoms with Crippen LogP contribution >= 0.6 is 0 Å². The number of hydrogen-bond donors (Lipinski definition) is 1. The fourth-order valence-corrected chi connectivity index (χ4v) is 3.25. The molecule has 144 valence electrons. The number of nitrogens with zero attached hydrogens (tertiary/aromatic N) is 1. The third-order valence-electron chi connectivity index (χ3n) is 4.63. The molecule has 0 saturated carbocycles. The van der Waals surface area contributed by atoms with Crippen LogP contribution in [0, 0.1) is 0 Å². The Morgan fingerprint density at radius 2 is 2.00 bits per heavy atom. The molecule has 1 saturated heterocycles. The predicted octanol–water partition coefficient (Wildman–Crippen LogP) is 3.98. The SMILES string of the molecule is COc1ccc(C(F)(F)F)cc1-c1cccc(C(=O)N2CCCC(O)C2)c1. The maximum atomic E-state index is 13.1. The average Bonchev–Trinajstić information content (AvgIpc) is 2.66. The second kappa shape index (κ2) is 7.60. The van der Waals surface area contributed by atoms with Crippen molar-refractivity contribution in [3.8, 4) is 16.9 Å². The maximum Gasteiger partial charge on any atom is 0.416 e. The van der Waals surface area contributed by atoms with Crippen LogP contribution in [0.2, 0.25) is 0 Å². The zero-order valence-electron chi connectivity index (χ0n) is 14.8. The highest BCUT2D eigenvalue weighted by Gasteiger charge is 2.31. The first kappa shape index (κ1) is 19.2. The molecule has 4 nitrogen and oxygen atoms in total. The van der Waals surface area contributed by atoms with Crippen LogP contribution in [-0.2, 0) is 6.18 Å². The van der Waals surface area contributed by atoms with Crippen LogP contribution in [0.25, 0.3) is 11.1 Å². The van der Waals surface area contributed by atoms with Crippen molar-refractivity contribution in [3.63, 3.8) is 0 Å². The van der Waals surface area contributed by atoms with Gasteiger partial charge in [0.2, 0.25) is 0 Å². The van der Waals surface area contributed by atoms with Crippen molar-refractivity contribution in [2.75, 3.05) is 20.2 Å². The Morgan fingerprint density at radius 3 is 2.67 bits per heavy atom. The Labute approximate surface area is 155 Å². The Morgan fingerprint density at radius 1 is 1.22 bits per heavy atom. The number of aliphatic hydroxyl groups excluding tert-OH is 1. The minimum absolute atomic E-state index is 0.249. The van der Waals surface area contributed by atoms with Gasteiger partial charge < -0.3 is 14.7 Å². The Bertz CT molecular complexity index is 835. The van der Waals surface area contributed by atoms with Crippen molar-refractivity contribution >= 4 is 5.91 Å². The van der Waals surface area contributed by atoms with Crippen molar-refractivity contribution in [3.05, 3.63) is 53.6 Å². The average molecular weight is 379 g/mol. The van der Waals surface area contributed by atoms with E-state index in [9.17, 15) is 23.1 Å². The number of hydrogen-bond acceptors (Lipinski definition) is 3. The molecule has 3 rings (SSSR count). The molecule has 1 amide bonds. The number of halogens is 3. The van der Waals surface area contributed by atoms with Gasteiger partial charge in [0.15, 0.2) is 0 Å². The monoisotopic (exact) mass is 379 g/mol. The maximum absolute atomic E-state index is 13.1. The molecule has 27 heavy (non-hydrogen) atoms. The number of alkyl halides is 3. The minimum Gasteiger partial charge on any atom is -0.496 e. The van der Waals surface area contributed by atoms with Crippen LogP contribution in [0.3, 0.4) is 0 Å². The highest BCUT2D eigenvalue weighted by molar-refractivity contribution is 5.95. The molecule has 1 atom stereocenters. The number of carbonyl (C=O) groups is 1. The summed E-state index contributed by atoms with van der Waals surface area (Å²) in [5, 5.41) is 9.77. The number of methoxy groups -OCH3 is 1. The van der Waals surface area contributed by atoms with E-state index in [0.717, 1.165) is 12.1 Å². The molecule has 1 aliphatic heterocycles. The van der Waals surface area contributed by atoms with E-state index < -0.39 is 17.8 Å². The van der Waals surface area contributed by atoms with Crippen molar-refractivity contribution in [2.24, 2.45) is 0 Å². The Balaban J connectivity index is 1.97. The van der Waals surface area contributed by atoms with Crippen molar-refractivity contribution < 1.29 is 27.8 Å². The third-order valence-corrected chi connectivity index (χ3v) is 4.63. The highest BCUT2D eigenvalue weighted by Crippen LogP contribution is 2.37. The lowest BCUT2D eigenvalue weighted by Gasteiger charge is -2.30. The smallest absolute Gasteiger partial charge is 0.416 e. The van der Waals surface area contributed by atoms with E-state index in [0.29, 0.717) is 36.3 Å². The summed E-state index contributed by atoms with van der Waals surface area (Å²) in [5.41, 5.74) is 0.303. The van der Waals surface area contributed by atoms with Gasteiger partial charge in [-0.1, -0.05) is 12.1 Å². The lowest BCUT2D eigenvalue weighted by atomic mass is 9.99. The zero-order valence-corrected chi connectivity index (χ0v) is 14.8.